The first kappa shape index (κ1) is 13.3. The van der Waals surface area contributed by atoms with Gasteiger partial charge in [0.05, 0.1) is 5.03 Å². The van der Waals surface area contributed by atoms with Gasteiger partial charge in [-0.1, -0.05) is 20.3 Å². The Morgan fingerprint density at radius 1 is 1.38 bits per heavy atom. The van der Waals surface area contributed by atoms with Gasteiger partial charge in [-0.15, -0.1) is 11.8 Å². The molecule has 1 atom stereocenters. The van der Waals surface area contributed by atoms with Crippen LogP contribution in [0.1, 0.15) is 26.0 Å². The highest BCUT2D eigenvalue weighted by molar-refractivity contribution is 7.99. The highest BCUT2D eigenvalue weighted by Gasteiger charge is 2.32. The van der Waals surface area contributed by atoms with E-state index in [1.54, 1.807) is 0 Å². The zero-order valence-corrected chi connectivity index (χ0v) is 9.90. The molecule has 0 saturated carbocycles. The van der Waals surface area contributed by atoms with Gasteiger partial charge in [-0.3, -0.25) is 0 Å². The van der Waals surface area contributed by atoms with E-state index in [-0.39, 0.29) is 0 Å². The lowest BCUT2D eigenvalue weighted by molar-refractivity contribution is -0.141. The smallest absolute Gasteiger partial charge is 0.232 e. The standard InChI is InChI=1S/C10H13F3N2S/c1-3-7(2)5-16-9-4-8(10(11,12)13)14-6-15-9/h4,6-7H,3,5H2,1-2H3. The van der Waals surface area contributed by atoms with Gasteiger partial charge in [0.2, 0.25) is 0 Å². The van der Waals surface area contributed by atoms with Gasteiger partial charge in [0.1, 0.15) is 12.0 Å². The third-order valence-corrected chi connectivity index (χ3v) is 3.40. The summed E-state index contributed by atoms with van der Waals surface area (Å²) >= 11 is 1.33. The summed E-state index contributed by atoms with van der Waals surface area (Å²) in [6.07, 6.45) is -2.43. The average Bonchev–Trinajstić information content (AvgIpc) is 2.25. The number of rotatable bonds is 4. The van der Waals surface area contributed by atoms with Crippen molar-refractivity contribution in [3.05, 3.63) is 18.1 Å². The SMILES string of the molecule is CCC(C)CSc1cc(C(F)(F)F)ncn1. The molecule has 0 aliphatic carbocycles. The summed E-state index contributed by atoms with van der Waals surface area (Å²) in [4.78, 5) is 7.02. The summed E-state index contributed by atoms with van der Waals surface area (Å²) < 4.78 is 37.0. The minimum absolute atomic E-state index is 0.377. The van der Waals surface area contributed by atoms with Crippen molar-refractivity contribution < 1.29 is 13.2 Å². The number of hydrogen-bond acceptors (Lipinski definition) is 3. The van der Waals surface area contributed by atoms with Crippen LogP contribution in [-0.4, -0.2) is 15.7 Å². The molecule has 2 nitrogen and oxygen atoms in total. The molecule has 0 saturated heterocycles. The van der Waals surface area contributed by atoms with Crippen molar-refractivity contribution in [2.45, 2.75) is 31.5 Å². The van der Waals surface area contributed by atoms with Crippen LogP contribution in [0.2, 0.25) is 0 Å². The maximum atomic E-state index is 12.3. The predicted octanol–water partition coefficient (Wildman–Crippen LogP) is 3.63. The molecule has 1 rings (SSSR count). The molecule has 0 spiro atoms. The second-order valence-corrected chi connectivity index (χ2v) is 4.60. The van der Waals surface area contributed by atoms with Crippen LogP contribution in [-0.2, 0) is 6.18 Å². The number of nitrogens with zero attached hydrogens (tertiary/aromatic N) is 2. The monoisotopic (exact) mass is 250 g/mol. The van der Waals surface area contributed by atoms with Crippen LogP contribution in [0.3, 0.4) is 0 Å². The van der Waals surface area contributed by atoms with E-state index in [9.17, 15) is 13.2 Å². The van der Waals surface area contributed by atoms with Crippen LogP contribution in [0, 0.1) is 5.92 Å². The highest BCUT2D eigenvalue weighted by atomic mass is 32.2. The van der Waals surface area contributed by atoms with E-state index < -0.39 is 11.9 Å². The van der Waals surface area contributed by atoms with E-state index in [0.29, 0.717) is 10.9 Å². The van der Waals surface area contributed by atoms with E-state index in [1.807, 2.05) is 6.92 Å². The number of alkyl halides is 3. The fourth-order valence-corrected chi connectivity index (χ4v) is 1.93. The van der Waals surface area contributed by atoms with Crippen LogP contribution >= 0.6 is 11.8 Å². The van der Waals surface area contributed by atoms with E-state index in [1.165, 1.54) is 11.8 Å². The number of aromatic nitrogens is 2. The van der Waals surface area contributed by atoms with E-state index >= 15 is 0 Å². The molecular weight excluding hydrogens is 237 g/mol. The molecule has 1 aromatic rings. The molecule has 0 N–H and O–H groups in total. The molecule has 0 fully saturated rings. The fourth-order valence-electron chi connectivity index (χ4n) is 0.919. The molecule has 1 aromatic heterocycles. The van der Waals surface area contributed by atoms with Gasteiger partial charge < -0.3 is 0 Å². The summed E-state index contributed by atoms with van der Waals surface area (Å²) in [5.41, 5.74) is -0.880. The summed E-state index contributed by atoms with van der Waals surface area (Å²) in [6.45, 7) is 4.10. The lowest BCUT2D eigenvalue weighted by Gasteiger charge is -2.09. The van der Waals surface area contributed by atoms with Crippen molar-refractivity contribution in [3.63, 3.8) is 0 Å². The number of hydrogen-bond donors (Lipinski definition) is 0. The van der Waals surface area contributed by atoms with Gasteiger partial charge in [0, 0.05) is 11.8 Å². The number of halogens is 3. The normalized spacial score (nSPS) is 13.8. The molecule has 16 heavy (non-hydrogen) atoms. The molecule has 0 aliphatic heterocycles. The Bertz CT molecular complexity index is 341. The van der Waals surface area contributed by atoms with Crippen molar-refractivity contribution in [2.24, 2.45) is 5.92 Å². The van der Waals surface area contributed by atoms with Gasteiger partial charge >= 0.3 is 6.18 Å². The van der Waals surface area contributed by atoms with Crippen LogP contribution < -0.4 is 0 Å². The Hall–Kier alpha value is -0.780. The fraction of sp³-hybridized carbons (Fsp3) is 0.600. The Morgan fingerprint density at radius 3 is 2.62 bits per heavy atom. The summed E-state index contributed by atoms with van der Waals surface area (Å²) in [5.74, 6) is 1.24. The second kappa shape index (κ2) is 5.52. The second-order valence-electron chi connectivity index (χ2n) is 3.56. The minimum atomic E-state index is -4.39. The van der Waals surface area contributed by atoms with E-state index in [4.69, 9.17) is 0 Å². The molecule has 0 radical (unpaired) electrons. The lowest BCUT2D eigenvalue weighted by atomic mass is 10.2. The van der Waals surface area contributed by atoms with Crippen molar-refractivity contribution in [1.29, 1.82) is 0 Å². The third-order valence-electron chi connectivity index (χ3n) is 2.15. The summed E-state index contributed by atoms with van der Waals surface area (Å²) in [6, 6.07) is 0.993. The topological polar surface area (TPSA) is 25.8 Å². The minimum Gasteiger partial charge on any atom is -0.232 e. The van der Waals surface area contributed by atoms with E-state index in [0.717, 1.165) is 24.6 Å². The molecule has 0 aliphatic rings. The quantitative estimate of drug-likeness (QED) is 0.602. The molecule has 0 amide bonds. The van der Waals surface area contributed by atoms with Gasteiger partial charge in [-0.05, 0) is 5.92 Å². The molecule has 1 unspecified atom stereocenters. The molecule has 90 valence electrons. The lowest BCUT2D eigenvalue weighted by Crippen LogP contribution is -2.08. The van der Waals surface area contributed by atoms with Crippen molar-refractivity contribution >= 4 is 11.8 Å². The molecule has 6 heteroatoms. The molecule has 0 bridgehead atoms. The van der Waals surface area contributed by atoms with Gasteiger partial charge in [0.25, 0.3) is 0 Å². The summed E-state index contributed by atoms with van der Waals surface area (Å²) in [7, 11) is 0. The van der Waals surface area contributed by atoms with Crippen molar-refractivity contribution in [2.75, 3.05) is 5.75 Å². The van der Waals surface area contributed by atoms with Crippen molar-refractivity contribution in [3.8, 4) is 0 Å². The maximum Gasteiger partial charge on any atom is 0.433 e. The van der Waals surface area contributed by atoms with Crippen LogP contribution in [0.4, 0.5) is 13.2 Å². The molecular formula is C10H13F3N2S. The van der Waals surface area contributed by atoms with Crippen LogP contribution in [0.15, 0.2) is 17.4 Å². The van der Waals surface area contributed by atoms with Crippen LogP contribution in [0.25, 0.3) is 0 Å². The zero-order valence-electron chi connectivity index (χ0n) is 9.08. The van der Waals surface area contributed by atoms with Gasteiger partial charge in [-0.2, -0.15) is 13.2 Å². The molecule has 0 aromatic carbocycles. The number of thioether (sulfide) groups is 1. The van der Waals surface area contributed by atoms with Crippen LogP contribution in [0.5, 0.6) is 0 Å². The Morgan fingerprint density at radius 2 is 2.06 bits per heavy atom. The summed E-state index contributed by atoms with van der Waals surface area (Å²) in [5, 5.41) is 0.377. The highest BCUT2D eigenvalue weighted by Crippen LogP contribution is 2.29. The zero-order chi connectivity index (χ0) is 12.2. The largest absolute Gasteiger partial charge is 0.433 e. The van der Waals surface area contributed by atoms with Crippen molar-refractivity contribution in [1.82, 2.24) is 9.97 Å². The third kappa shape index (κ3) is 4.00. The molecule has 1 heterocycles. The first-order valence-electron chi connectivity index (χ1n) is 4.95. The average molecular weight is 250 g/mol. The maximum absolute atomic E-state index is 12.3. The Balaban J connectivity index is 2.68. The Kier molecular flexibility index (Phi) is 4.58. The Labute approximate surface area is 96.7 Å². The first-order chi connectivity index (χ1) is 7.43. The predicted molar refractivity (Wildman–Crippen MR) is 57.2 cm³/mol. The van der Waals surface area contributed by atoms with Gasteiger partial charge in [-0.25, -0.2) is 9.97 Å². The first-order valence-corrected chi connectivity index (χ1v) is 5.94. The van der Waals surface area contributed by atoms with Gasteiger partial charge in [0.15, 0.2) is 0 Å². The van der Waals surface area contributed by atoms with E-state index in [2.05, 4.69) is 16.9 Å².